The van der Waals surface area contributed by atoms with Crippen molar-refractivity contribution in [1.82, 2.24) is 9.78 Å². The molecule has 4 rings (SSSR count). The number of aromatic nitrogens is 2. The summed E-state index contributed by atoms with van der Waals surface area (Å²) < 4.78 is 19.3. The summed E-state index contributed by atoms with van der Waals surface area (Å²) in [7, 11) is 0.862. The van der Waals surface area contributed by atoms with Crippen LogP contribution in [0.5, 0.6) is 0 Å². The average Bonchev–Trinajstić information content (AvgIpc) is 3.26. The van der Waals surface area contributed by atoms with Crippen molar-refractivity contribution in [2.75, 3.05) is 7.11 Å². The van der Waals surface area contributed by atoms with Crippen LogP contribution in [0, 0.1) is 0 Å². The standard InChI is InChI=1S/C18H23BN2O4/c1-17(2)18(3,4)25-19(24-17)11-8-13(16(22)23-5)14-10-20-21(12-6-7-12)15(14)9-11/h8-10,12H,6-7H2,1-5H3. The fourth-order valence-corrected chi connectivity index (χ4v) is 3.17. The van der Waals surface area contributed by atoms with Crippen molar-refractivity contribution in [2.45, 2.75) is 57.8 Å². The Balaban J connectivity index is 1.84. The molecule has 1 aliphatic heterocycles. The third-order valence-electron chi connectivity index (χ3n) is 5.56. The monoisotopic (exact) mass is 342 g/mol. The minimum atomic E-state index is -0.527. The number of rotatable bonds is 3. The van der Waals surface area contributed by atoms with Crippen LogP contribution in [0.4, 0.5) is 0 Å². The predicted octanol–water partition coefficient (Wildman–Crippen LogP) is 2.46. The second-order valence-electron chi connectivity index (χ2n) is 7.90. The molecule has 1 aliphatic carbocycles. The Hall–Kier alpha value is -1.86. The normalized spacial score (nSPS) is 21.7. The smallest absolute Gasteiger partial charge is 0.465 e. The molecule has 0 unspecified atom stereocenters. The first-order valence-electron chi connectivity index (χ1n) is 8.68. The zero-order valence-corrected chi connectivity index (χ0v) is 15.3. The molecular weight excluding hydrogens is 319 g/mol. The number of esters is 1. The zero-order chi connectivity index (χ0) is 18.0. The Bertz CT molecular complexity index is 838. The first-order chi connectivity index (χ1) is 11.7. The molecule has 25 heavy (non-hydrogen) atoms. The van der Waals surface area contributed by atoms with Gasteiger partial charge in [-0.05, 0) is 58.1 Å². The van der Waals surface area contributed by atoms with Crippen LogP contribution in [0.15, 0.2) is 18.3 Å². The summed E-state index contributed by atoms with van der Waals surface area (Å²) in [5.74, 6) is -0.376. The molecule has 0 atom stereocenters. The SMILES string of the molecule is COC(=O)c1cc(B2OC(C)(C)C(C)(C)O2)cc2c1cnn2C1CC1. The van der Waals surface area contributed by atoms with Gasteiger partial charge < -0.3 is 14.0 Å². The molecule has 0 bridgehead atoms. The highest BCUT2D eigenvalue weighted by molar-refractivity contribution is 6.62. The third kappa shape index (κ3) is 2.57. The number of nitrogens with zero attached hydrogens (tertiary/aromatic N) is 2. The van der Waals surface area contributed by atoms with Gasteiger partial charge in [0, 0.05) is 5.39 Å². The minimum Gasteiger partial charge on any atom is -0.465 e. The molecule has 7 heteroatoms. The van der Waals surface area contributed by atoms with Gasteiger partial charge in [0.15, 0.2) is 0 Å². The summed E-state index contributed by atoms with van der Waals surface area (Å²) in [6.45, 7) is 8.06. The van der Waals surface area contributed by atoms with E-state index in [9.17, 15) is 4.79 Å². The van der Waals surface area contributed by atoms with Gasteiger partial charge in [0.1, 0.15) is 0 Å². The van der Waals surface area contributed by atoms with E-state index in [1.807, 2.05) is 38.4 Å². The Morgan fingerprint density at radius 1 is 1.24 bits per heavy atom. The van der Waals surface area contributed by atoms with Crippen LogP contribution in [-0.2, 0) is 14.0 Å². The van der Waals surface area contributed by atoms with Crippen molar-refractivity contribution in [3.05, 3.63) is 23.9 Å². The first-order valence-corrected chi connectivity index (χ1v) is 8.68. The number of hydrogen-bond acceptors (Lipinski definition) is 5. The van der Waals surface area contributed by atoms with Crippen LogP contribution in [0.2, 0.25) is 0 Å². The van der Waals surface area contributed by atoms with Crippen LogP contribution < -0.4 is 5.46 Å². The fraction of sp³-hybridized carbons (Fsp3) is 0.556. The van der Waals surface area contributed by atoms with Gasteiger partial charge in [-0.1, -0.05) is 0 Å². The molecule has 2 fully saturated rings. The van der Waals surface area contributed by atoms with Gasteiger partial charge in [-0.2, -0.15) is 5.10 Å². The summed E-state index contributed by atoms with van der Waals surface area (Å²) >= 11 is 0. The van der Waals surface area contributed by atoms with Crippen LogP contribution in [0.25, 0.3) is 10.9 Å². The topological polar surface area (TPSA) is 62.6 Å². The number of benzene rings is 1. The zero-order valence-electron chi connectivity index (χ0n) is 15.3. The summed E-state index contributed by atoms with van der Waals surface area (Å²) in [6, 6.07) is 4.24. The van der Waals surface area contributed by atoms with E-state index in [0.29, 0.717) is 11.6 Å². The van der Waals surface area contributed by atoms with Crippen molar-refractivity contribution in [2.24, 2.45) is 0 Å². The molecule has 2 aliphatic rings. The maximum atomic E-state index is 12.3. The van der Waals surface area contributed by atoms with Crippen molar-refractivity contribution in [1.29, 1.82) is 0 Å². The summed E-state index contributed by atoms with van der Waals surface area (Å²) in [4.78, 5) is 12.3. The van der Waals surface area contributed by atoms with Gasteiger partial charge in [0.25, 0.3) is 0 Å². The van der Waals surface area contributed by atoms with Crippen molar-refractivity contribution < 1.29 is 18.8 Å². The number of ether oxygens (including phenoxy) is 1. The minimum absolute atomic E-state index is 0.376. The molecule has 2 aromatic rings. The van der Waals surface area contributed by atoms with E-state index in [-0.39, 0.29) is 5.97 Å². The lowest BCUT2D eigenvalue weighted by Crippen LogP contribution is -2.41. The molecule has 0 amide bonds. The molecule has 0 N–H and O–H groups in total. The molecule has 1 saturated carbocycles. The maximum absolute atomic E-state index is 12.3. The van der Waals surface area contributed by atoms with Gasteiger partial charge >= 0.3 is 13.1 Å². The van der Waals surface area contributed by atoms with E-state index >= 15 is 0 Å². The van der Waals surface area contributed by atoms with Crippen LogP contribution >= 0.6 is 0 Å². The highest BCUT2D eigenvalue weighted by Gasteiger charge is 2.52. The average molecular weight is 342 g/mol. The van der Waals surface area contributed by atoms with Crippen molar-refractivity contribution in [3.63, 3.8) is 0 Å². The van der Waals surface area contributed by atoms with Crippen LogP contribution in [0.3, 0.4) is 0 Å². The molecule has 0 radical (unpaired) electrons. The first kappa shape index (κ1) is 16.6. The summed E-state index contributed by atoms with van der Waals surface area (Å²) in [5.41, 5.74) is 1.37. The molecule has 2 heterocycles. The fourth-order valence-electron chi connectivity index (χ4n) is 3.17. The summed E-state index contributed by atoms with van der Waals surface area (Å²) in [6.07, 6.45) is 3.98. The number of fused-ring (bicyclic) bond motifs is 1. The van der Waals surface area contributed by atoms with E-state index in [4.69, 9.17) is 14.0 Å². The predicted molar refractivity (Wildman–Crippen MR) is 95.1 cm³/mol. The van der Waals surface area contributed by atoms with Crippen LogP contribution in [0.1, 0.15) is 56.9 Å². The quantitative estimate of drug-likeness (QED) is 0.633. The third-order valence-corrected chi connectivity index (χ3v) is 5.56. The number of methoxy groups -OCH3 is 1. The number of carbonyl (C=O) groups excluding carboxylic acids is 1. The molecule has 1 aromatic heterocycles. The molecular formula is C18H23BN2O4. The van der Waals surface area contributed by atoms with Gasteiger partial charge in [-0.15, -0.1) is 0 Å². The highest BCUT2D eigenvalue weighted by Crippen LogP contribution is 2.39. The maximum Gasteiger partial charge on any atom is 0.494 e. The molecule has 0 spiro atoms. The second kappa shape index (κ2) is 5.32. The van der Waals surface area contributed by atoms with E-state index in [0.717, 1.165) is 29.2 Å². The Morgan fingerprint density at radius 2 is 1.88 bits per heavy atom. The molecule has 6 nitrogen and oxygen atoms in total. The van der Waals surface area contributed by atoms with Crippen molar-refractivity contribution >= 4 is 29.5 Å². The van der Waals surface area contributed by atoms with E-state index in [1.54, 1.807) is 12.3 Å². The Morgan fingerprint density at radius 3 is 2.44 bits per heavy atom. The molecule has 1 aromatic carbocycles. The van der Waals surface area contributed by atoms with Gasteiger partial charge in [-0.25, -0.2) is 4.79 Å². The van der Waals surface area contributed by atoms with E-state index < -0.39 is 18.3 Å². The second-order valence-corrected chi connectivity index (χ2v) is 7.90. The Kier molecular flexibility index (Phi) is 3.53. The molecule has 132 valence electrons. The lowest BCUT2D eigenvalue weighted by Gasteiger charge is -2.32. The lowest BCUT2D eigenvalue weighted by molar-refractivity contribution is 0.00578. The van der Waals surface area contributed by atoms with Gasteiger partial charge in [0.2, 0.25) is 0 Å². The lowest BCUT2D eigenvalue weighted by atomic mass is 9.77. The van der Waals surface area contributed by atoms with Gasteiger partial charge in [0.05, 0.1) is 41.6 Å². The largest absolute Gasteiger partial charge is 0.494 e. The van der Waals surface area contributed by atoms with Gasteiger partial charge in [-0.3, -0.25) is 4.68 Å². The Labute approximate surface area is 147 Å². The summed E-state index contributed by atoms with van der Waals surface area (Å²) in [5, 5.41) is 5.29. The van der Waals surface area contributed by atoms with Crippen molar-refractivity contribution in [3.8, 4) is 0 Å². The highest BCUT2D eigenvalue weighted by atomic mass is 16.7. The molecule has 1 saturated heterocycles. The number of carbonyl (C=O) groups is 1. The van der Waals surface area contributed by atoms with E-state index in [2.05, 4.69) is 5.10 Å². The van der Waals surface area contributed by atoms with E-state index in [1.165, 1.54) is 7.11 Å². The number of hydrogen-bond donors (Lipinski definition) is 0. The van der Waals surface area contributed by atoms with Crippen LogP contribution in [-0.4, -0.2) is 41.2 Å².